The number of nitrogens with one attached hydrogen (secondary N) is 1. The summed E-state index contributed by atoms with van der Waals surface area (Å²) in [5.41, 5.74) is 0. The van der Waals surface area contributed by atoms with Crippen LogP contribution in [0.1, 0.15) is 0 Å². The molecule has 0 aliphatic carbocycles. The SMILES string of the molecule is Clc1cccc(SC[C@@H]2CNCCO2)c1. The van der Waals surface area contributed by atoms with E-state index in [2.05, 4.69) is 11.4 Å². The molecule has 0 unspecified atom stereocenters. The van der Waals surface area contributed by atoms with Crippen LogP contribution < -0.4 is 5.32 Å². The van der Waals surface area contributed by atoms with Crippen molar-refractivity contribution in [2.45, 2.75) is 11.0 Å². The lowest BCUT2D eigenvalue weighted by Crippen LogP contribution is -2.39. The molecule has 1 heterocycles. The van der Waals surface area contributed by atoms with Gasteiger partial charge in [0.2, 0.25) is 0 Å². The van der Waals surface area contributed by atoms with E-state index in [0.29, 0.717) is 6.10 Å². The zero-order valence-electron chi connectivity index (χ0n) is 8.41. The average Bonchev–Trinajstić information content (AvgIpc) is 2.28. The van der Waals surface area contributed by atoms with Gasteiger partial charge in [0.15, 0.2) is 0 Å². The van der Waals surface area contributed by atoms with Gasteiger partial charge in [0, 0.05) is 28.8 Å². The monoisotopic (exact) mass is 243 g/mol. The molecule has 1 saturated heterocycles. The molecule has 15 heavy (non-hydrogen) atoms. The lowest BCUT2D eigenvalue weighted by molar-refractivity contribution is 0.0441. The van der Waals surface area contributed by atoms with Gasteiger partial charge in [-0.3, -0.25) is 0 Å². The van der Waals surface area contributed by atoms with E-state index in [0.717, 1.165) is 30.5 Å². The second-order valence-corrected chi connectivity index (χ2v) is 5.00. The van der Waals surface area contributed by atoms with E-state index in [1.807, 2.05) is 18.2 Å². The topological polar surface area (TPSA) is 21.3 Å². The van der Waals surface area contributed by atoms with Crippen molar-refractivity contribution in [2.24, 2.45) is 0 Å². The van der Waals surface area contributed by atoms with Crippen LogP contribution in [0.5, 0.6) is 0 Å². The maximum Gasteiger partial charge on any atom is 0.0793 e. The number of morpholine rings is 1. The van der Waals surface area contributed by atoms with Gasteiger partial charge < -0.3 is 10.1 Å². The number of hydrogen-bond donors (Lipinski definition) is 1. The van der Waals surface area contributed by atoms with Crippen LogP contribution in [0.25, 0.3) is 0 Å². The first-order valence-electron chi connectivity index (χ1n) is 5.05. The molecule has 1 aromatic rings. The van der Waals surface area contributed by atoms with Gasteiger partial charge in [-0.1, -0.05) is 17.7 Å². The van der Waals surface area contributed by atoms with E-state index >= 15 is 0 Å². The Labute approximate surface area is 99.3 Å². The predicted molar refractivity (Wildman–Crippen MR) is 64.8 cm³/mol. The van der Waals surface area contributed by atoms with Gasteiger partial charge in [-0.15, -0.1) is 11.8 Å². The molecule has 1 aliphatic rings. The Balaban J connectivity index is 1.81. The molecule has 2 nitrogen and oxygen atoms in total. The Hall–Kier alpha value is -0.220. The Morgan fingerprint density at radius 1 is 1.53 bits per heavy atom. The van der Waals surface area contributed by atoms with Crippen molar-refractivity contribution in [2.75, 3.05) is 25.4 Å². The highest BCUT2D eigenvalue weighted by molar-refractivity contribution is 7.99. The van der Waals surface area contributed by atoms with E-state index in [1.54, 1.807) is 11.8 Å². The normalized spacial score (nSPS) is 21.5. The van der Waals surface area contributed by atoms with Gasteiger partial charge >= 0.3 is 0 Å². The van der Waals surface area contributed by atoms with Crippen molar-refractivity contribution in [1.29, 1.82) is 0 Å². The molecule has 0 radical (unpaired) electrons. The fourth-order valence-corrected chi connectivity index (χ4v) is 2.71. The maximum absolute atomic E-state index is 5.91. The number of ether oxygens (including phenoxy) is 1. The molecule has 4 heteroatoms. The molecule has 1 fully saturated rings. The molecule has 1 atom stereocenters. The first-order valence-corrected chi connectivity index (χ1v) is 6.41. The summed E-state index contributed by atoms with van der Waals surface area (Å²) in [7, 11) is 0. The van der Waals surface area contributed by atoms with Crippen molar-refractivity contribution in [3.63, 3.8) is 0 Å². The number of halogens is 1. The van der Waals surface area contributed by atoms with Gasteiger partial charge in [0.05, 0.1) is 12.7 Å². The minimum absolute atomic E-state index is 0.322. The molecular formula is C11H14ClNOS. The minimum Gasteiger partial charge on any atom is -0.375 e. The third-order valence-corrected chi connectivity index (χ3v) is 3.60. The first kappa shape index (κ1) is 11.3. The van der Waals surface area contributed by atoms with Gasteiger partial charge in [0.1, 0.15) is 0 Å². The Kier molecular flexibility index (Phi) is 4.32. The summed E-state index contributed by atoms with van der Waals surface area (Å²) in [6, 6.07) is 7.93. The molecule has 0 amide bonds. The highest BCUT2D eigenvalue weighted by Gasteiger charge is 2.13. The van der Waals surface area contributed by atoms with E-state index in [1.165, 1.54) is 4.90 Å². The second-order valence-electron chi connectivity index (χ2n) is 3.47. The fourth-order valence-electron chi connectivity index (χ4n) is 1.47. The summed E-state index contributed by atoms with van der Waals surface area (Å²) in [5.74, 6) is 0.980. The Morgan fingerprint density at radius 3 is 3.20 bits per heavy atom. The van der Waals surface area contributed by atoms with Gasteiger partial charge in [-0.05, 0) is 18.2 Å². The molecule has 82 valence electrons. The molecule has 0 saturated carbocycles. The summed E-state index contributed by atoms with van der Waals surface area (Å²) in [4.78, 5) is 1.21. The zero-order chi connectivity index (χ0) is 10.5. The standard InChI is InChI=1S/C11H14ClNOS/c12-9-2-1-3-11(6-9)15-8-10-7-13-4-5-14-10/h1-3,6,10,13H,4-5,7-8H2/t10-/m0/s1. The van der Waals surface area contributed by atoms with Crippen molar-refractivity contribution in [3.05, 3.63) is 29.3 Å². The fraction of sp³-hybridized carbons (Fsp3) is 0.455. The molecule has 1 N–H and O–H groups in total. The summed E-state index contributed by atoms with van der Waals surface area (Å²) in [6.45, 7) is 2.74. The zero-order valence-corrected chi connectivity index (χ0v) is 9.98. The summed E-state index contributed by atoms with van der Waals surface area (Å²) in [5, 5.41) is 4.11. The average molecular weight is 244 g/mol. The lowest BCUT2D eigenvalue weighted by atomic mass is 10.3. The Morgan fingerprint density at radius 2 is 2.47 bits per heavy atom. The van der Waals surface area contributed by atoms with Crippen LogP contribution in [0.4, 0.5) is 0 Å². The van der Waals surface area contributed by atoms with E-state index in [-0.39, 0.29) is 0 Å². The largest absolute Gasteiger partial charge is 0.375 e. The number of hydrogen-bond acceptors (Lipinski definition) is 3. The van der Waals surface area contributed by atoms with Crippen molar-refractivity contribution in [3.8, 4) is 0 Å². The van der Waals surface area contributed by atoms with Gasteiger partial charge in [0.25, 0.3) is 0 Å². The minimum atomic E-state index is 0.322. The molecule has 2 rings (SSSR count). The number of rotatable bonds is 3. The quantitative estimate of drug-likeness (QED) is 0.824. The van der Waals surface area contributed by atoms with Crippen LogP contribution in [0.3, 0.4) is 0 Å². The highest BCUT2D eigenvalue weighted by Crippen LogP contribution is 2.22. The maximum atomic E-state index is 5.91. The summed E-state index contributed by atoms with van der Waals surface area (Å²) >= 11 is 7.70. The van der Waals surface area contributed by atoms with Crippen molar-refractivity contribution in [1.82, 2.24) is 5.32 Å². The molecule has 1 aromatic carbocycles. The van der Waals surface area contributed by atoms with Crippen LogP contribution in [0.2, 0.25) is 5.02 Å². The third-order valence-electron chi connectivity index (χ3n) is 2.24. The van der Waals surface area contributed by atoms with E-state index < -0.39 is 0 Å². The van der Waals surface area contributed by atoms with Crippen LogP contribution in [-0.2, 0) is 4.74 Å². The third kappa shape index (κ3) is 3.68. The number of benzene rings is 1. The summed E-state index contributed by atoms with van der Waals surface area (Å²) < 4.78 is 5.61. The molecule has 0 bridgehead atoms. The summed E-state index contributed by atoms with van der Waals surface area (Å²) in [6.07, 6.45) is 0.322. The van der Waals surface area contributed by atoms with E-state index in [4.69, 9.17) is 16.3 Å². The van der Waals surface area contributed by atoms with Gasteiger partial charge in [-0.2, -0.15) is 0 Å². The van der Waals surface area contributed by atoms with Crippen molar-refractivity contribution < 1.29 is 4.74 Å². The highest BCUT2D eigenvalue weighted by atomic mass is 35.5. The lowest BCUT2D eigenvalue weighted by Gasteiger charge is -2.23. The molecule has 0 aromatic heterocycles. The van der Waals surface area contributed by atoms with Crippen LogP contribution in [-0.4, -0.2) is 31.6 Å². The molecule has 1 aliphatic heterocycles. The van der Waals surface area contributed by atoms with Crippen LogP contribution in [0.15, 0.2) is 29.2 Å². The van der Waals surface area contributed by atoms with E-state index in [9.17, 15) is 0 Å². The van der Waals surface area contributed by atoms with Crippen LogP contribution >= 0.6 is 23.4 Å². The molecular weight excluding hydrogens is 230 g/mol. The first-order chi connectivity index (χ1) is 7.34. The number of thioether (sulfide) groups is 1. The van der Waals surface area contributed by atoms with Gasteiger partial charge in [-0.25, -0.2) is 0 Å². The predicted octanol–water partition coefficient (Wildman–Crippen LogP) is 2.42. The second kappa shape index (κ2) is 5.75. The smallest absolute Gasteiger partial charge is 0.0793 e. The van der Waals surface area contributed by atoms with Crippen molar-refractivity contribution >= 4 is 23.4 Å². The van der Waals surface area contributed by atoms with Crippen LogP contribution in [0, 0.1) is 0 Å². The Bertz CT molecular complexity index is 315. The molecule has 0 spiro atoms.